The number of hydrogen-bond donors (Lipinski definition) is 1. The highest BCUT2D eigenvalue weighted by Gasteiger charge is 2.40. The molecule has 4 atom stereocenters. The van der Waals surface area contributed by atoms with Crippen LogP contribution in [0.4, 0.5) is 0 Å². The van der Waals surface area contributed by atoms with Crippen molar-refractivity contribution < 1.29 is 9.53 Å². The number of nitrogens with one attached hydrogen (secondary N) is 1. The first-order valence-electron chi connectivity index (χ1n) is 10.1. The number of piperidine rings is 1. The molecule has 4 rings (SSSR count). The maximum absolute atomic E-state index is 13.0. The first kappa shape index (κ1) is 16.8. The van der Waals surface area contributed by atoms with Gasteiger partial charge in [0.15, 0.2) is 0 Å². The number of hydrogen-bond acceptors (Lipinski definition) is 4. The summed E-state index contributed by atoms with van der Waals surface area (Å²) < 4.78 is 5.45. The summed E-state index contributed by atoms with van der Waals surface area (Å²) in [4.78, 5) is 17.7. The fraction of sp³-hybridized carbons (Fsp3) is 0.947. The lowest BCUT2D eigenvalue weighted by Crippen LogP contribution is -2.51. The molecule has 1 aliphatic carbocycles. The van der Waals surface area contributed by atoms with Gasteiger partial charge in [-0.25, -0.2) is 0 Å². The fourth-order valence-corrected chi connectivity index (χ4v) is 5.29. The van der Waals surface area contributed by atoms with E-state index < -0.39 is 0 Å². The summed E-state index contributed by atoms with van der Waals surface area (Å²) in [6.45, 7) is 6.90. The van der Waals surface area contributed by atoms with Gasteiger partial charge in [0.1, 0.15) is 0 Å². The van der Waals surface area contributed by atoms with E-state index in [2.05, 4.69) is 15.1 Å². The Bertz CT molecular complexity index is 424. The first-order chi connectivity index (χ1) is 11.8. The number of likely N-dealkylation sites (tertiary alicyclic amines) is 1. The smallest absolute Gasteiger partial charge is 0.239 e. The van der Waals surface area contributed by atoms with E-state index in [0.29, 0.717) is 17.9 Å². The van der Waals surface area contributed by atoms with Crippen molar-refractivity contribution in [1.29, 1.82) is 0 Å². The van der Waals surface area contributed by atoms with Gasteiger partial charge in [-0.2, -0.15) is 0 Å². The number of fused-ring (bicyclic) bond motifs is 1. The number of amides is 1. The van der Waals surface area contributed by atoms with Crippen LogP contribution in [0.15, 0.2) is 0 Å². The second kappa shape index (κ2) is 7.71. The van der Waals surface area contributed by atoms with Gasteiger partial charge in [-0.3, -0.25) is 9.69 Å². The van der Waals surface area contributed by atoms with Gasteiger partial charge in [0, 0.05) is 38.8 Å². The zero-order valence-corrected chi connectivity index (χ0v) is 14.9. The Hall–Kier alpha value is -0.650. The molecule has 4 aliphatic rings. The molecule has 0 radical (unpaired) electrons. The van der Waals surface area contributed by atoms with Crippen LogP contribution in [-0.2, 0) is 9.53 Å². The zero-order chi connectivity index (χ0) is 16.4. The van der Waals surface area contributed by atoms with Crippen LogP contribution in [0.1, 0.15) is 44.9 Å². The summed E-state index contributed by atoms with van der Waals surface area (Å²) in [5.41, 5.74) is 0. The summed E-state index contributed by atoms with van der Waals surface area (Å²) in [6.07, 6.45) is 8.80. The van der Waals surface area contributed by atoms with Crippen molar-refractivity contribution in [2.45, 2.75) is 57.0 Å². The molecule has 0 spiro atoms. The van der Waals surface area contributed by atoms with E-state index in [4.69, 9.17) is 4.74 Å². The van der Waals surface area contributed by atoms with Crippen LogP contribution in [0.5, 0.6) is 0 Å². The van der Waals surface area contributed by atoms with Crippen LogP contribution >= 0.6 is 0 Å². The molecule has 0 aromatic carbocycles. The van der Waals surface area contributed by atoms with Gasteiger partial charge in [-0.15, -0.1) is 0 Å². The topological polar surface area (TPSA) is 44.8 Å². The molecule has 1 N–H and O–H groups in total. The molecule has 3 saturated heterocycles. The summed E-state index contributed by atoms with van der Waals surface area (Å²) in [6, 6.07) is 0.710. The second-order valence-electron chi connectivity index (χ2n) is 8.31. The minimum absolute atomic E-state index is 0.0974. The Morgan fingerprint density at radius 1 is 1.04 bits per heavy atom. The lowest BCUT2D eigenvalue weighted by Gasteiger charge is -2.37. The molecular weight excluding hydrogens is 302 g/mol. The number of morpholine rings is 1. The third-order valence-corrected chi connectivity index (χ3v) is 6.61. The van der Waals surface area contributed by atoms with Crippen molar-refractivity contribution in [2.75, 3.05) is 45.9 Å². The van der Waals surface area contributed by atoms with E-state index >= 15 is 0 Å². The zero-order valence-electron chi connectivity index (χ0n) is 14.9. The van der Waals surface area contributed by atoms with Crippen molar-refractivity contribution in [2.24, 2.45) is 11.8 Å². The summed E-state index contributed by atoms with van der Waals surface area (Å²) in [5, 5.41) is 3.67. The standard InChI is InChI=1S/C19H33N3O2/c23-19(18-12-16-5-1-2-6-17(16)20-18)22-7-3-4-15(14-22)13-21-8-10-24-11-9-21/h15-18,20H,1-14H2/t15-,16-,17+,18-/m0/s1. The van der Waals surface area contributed by atoms with Crippen LogP contribution in [0, 0.1) is 11.8 Å². The van der Waals surface area contributed by atoms with Crippen molar-refractivity contribution in [3.63, 3.8) is 0 Å². The average Bonchev–Trinajstić information content (AvgIpc) is 3.06. The Labute approximate surface area is 146 Å². The highest BCUT2D eigenvalue weighted by molar-refractivity contribution is 5.82. The Morgan fingerprint density at radius 2 is 1.88 bits per heavy atom. The molecule has 5 heteroatoms. The molecule has 1 saturated carbocycles. The highest BCUT2D eigenvalue weighted by atomic mass is 16.5. The number of carbonyl (C=O) groups excluding carboxylic acids is 1. The number of ether oxygens (including phenoxy) is 1. The van der Waals surface area contributed by atoms with E-state index in [-0.39, 0.29) is 6.04 Å². The molecule has 5 nitrogen and oxygen atoms in total. The first-order valence-corrected chi connectivity index (χ1v) is 10.1. The van der Waals surface area contributed by atoms with Gasteiger partial charge in [-0.05, 0) is 43.9 Å². The van der Waals surface area contributed by atoms with E-state index in [1.807, 2.05) is 0 Å². The van der Waals surface area contributed by atoms with Gasteiger partial charge in [-0.1, -0.05) is 12.8 Å². The van der Waals surface area contributed by atoms with Gasteiger partial charge < -0.3 is 15.0 Å². The average molecular weight is 335 g/mol. The van der Waals surface area contributed by atoms with E-state index in [1.54, 1.807) is 0 Å². The predicted molar refractivity (Wildman–Crippen MR) is 93.8 cm³/mol. The van der Waals surface area contributed by atoms with Gasteiger partial charge in [0.25, 0.3) is 0 Å². The molecule has 0 aromatic rings. The maximum Gasteiger partial charge on any atom is 0.239 e. The third-order valence-electron chi connectivity index (χ3n) is 6.61. The van der Waals surface area contributed by atoms with Crippen molar-refractivity contribution in [3.8, 4) is 0 Å². The number of nitrogens with zero attached hydrogens (tertiary/aromatic N) is 2. The molecular formula is C19H33N3O2. The molecule has 4 fully saturated rings. The normalized spacial score (nSPS) is 38.1. The van der Waals surface area contributed by atoms with Crippen molar-refractivity contribution >= 4 is 5.91 Å². The van der Waals surface area contributed by atoms with Crippen LogP contribution in [-0.4, -0.2) is 73.7 Å². The largest absolute Gasteiger partial charge is 0.379 e. The minimum Gasteiger partial charge on any atom is -0.379 e. The second-order valence-corrected chi connectivity index (χ2v) is 8.31. The van der Waals surface area contributed by atoms with Crippen molar-refractivity contribution in [3.05, 3.63) is 0 Å². The maximum atomic E-state index is 13.0. The SMILES string of the molecule is O=C([C@@H]1C[C@@H]2CCCC[C@H]2N1)N1CCC[C@@H](CN2CCOCC2)C1. The molecule has 3 aliphatic heterocycles. The molecule has 1 amide bonds. The lowest BCUT2D eigenvalue weighted by atomic mass is 9.85. The molecule has 24 heavy (non-hydrogen) atoms. The fourth-order valence-electron chi connectivity index (χ4n) is 5.29. The molecule has 136 valence electrons. The quantitative estimate of drug-likeness (QED) is 0.848. The highest BCUT2D eigenvalue weighted by Crippen LogP contribution is 2.34. The van der Waals surface area contributed by atoms with Crippen LogP contribution < -0.4 is 5.32 Å². The van der Waals surface area contributed by atoms with Crippen LogP contribution in [0.2, 0.25) is 0 Å². The molecule has 0 unspecified atom stereocenters. The van der Waals surface area contributed by atoms with E-state index in [0.717, 1.165) is 58.3 Å². The van der Waals surface area contributed by atoms with Crippen LogP contribution in [0.3, 0.4) is 0 Å². The molecule has 0 bridgehead atoms. The summed E-state index contributed by atoms with van der Waals surface area (Å²) in [5.74, 6) is 1.78. The molecule has 0 aromatic heterocycles. The Kier molecular flexibility index (Phi) is 5.40. The van der Waals surface area contributed by atoms with Crippen molar-refractivity contribution in [1.82, 2.24) is 15.1 Å². The summed E-state index contributed by atoms with van der Waals surface area (Å²) >= 11 is 0. The van der Waals surface area contributed by atoms with Gasteiger partial charge >= 0.3 is 0 Å². The predicted octanol–water partition coefficient (Wildman–Crippen LogP) is 1.48. The van der Waals surface area contributed by atoms with E-state index in [9.17, 15) is 4.79 Å². The number of carbonyl (C=O) groups is 1. The Morgan fingerprint density at radius 3 is 2.71 bits per heavy atom. The van der Waals surface area contributed by atoms with Gasteiger partial charge in [0.05, 0.1) is 19.3 Å². The minimum atomic E-state index is 0.0974. The lowest BCUT2D eigenvalue weighted by molar-refractivity contribution is -0.135. The molecule has 3 heterocycles. The third kappa shape index (κ3) is 3.78. The van der Waals surface area contributed by atoms with Crippen LogP contribution in [0.25, 0.3) is 0 Å². The summed E-state index contributed by atoms with van der Waals surface area (Å²) in [7, 11) is 0. The number of rotatable bonds is 3. The van der Waals surface area contributed by atoms with E-state index in [1.165, 1.54) is 38.5 Å². The Balaban J connectivity index is 1.29. The monoisotopic (exact) mass is 335 g/mol. The van der Waals surface area contributed by atoms with Gasteiger partial charge in [0.2, 0.25) is 5.91 Å².